The second-order valence-electron chi connectivity index (χ2n) is 6.02. The summed E-state index contributed by atoms with van der Waals surface area (Å²) in [6, 6.07) is 5.99. The topological polar surface area (TPSA) is 93.1 Å². The number of benzene rings is 1. The summed E-state index contributed by atoms with van der Waals surface area (Å²) in [5, 5.41) is 8.94. The lowest BCUT2D eigenvalue weighted by atomic mass is 9.86. The summed E-state index contributed by atoms with van der Waals surface area (Å²) < 4.78 is 40.7. The number of aliphatic hydroxyl groups is 1. The van der Waals surface area contributed by atoms with Crippen LogP contribution in [0.1, 0.15) is 31.2 Å². The fourth-order valence-corrected chi connectivity index (χ4v) is 3.28. The van der Waals surface area contributed by atoms with Crippen molar-refractivity contribution in [3.05, 3.63) is 29.8 Å². The third kappa shape index (κ3) is 5.26. The highest BCUT2D eigenvalue weighted by Crippen LogP contribution is 2.37. The molecule has 6 nitrogen and oxygen atoms in total. The first-order valence-corrected chi connectivity index (χ1v) is 9.22. The Balaban J connectivity index is 0.000000168. The summed E-state index contributed by atoms with van der Waals surface area (Å²) in [5.41, 5.74) is 0.956. The first-order chi connectivity index (χ1) is 10.8. The van der Waals surface area contributed by atoms with Crippen LogP contribution in [0.25, 0.3) is 0 Å². The highest BCUT2D eigenvalue weighted by atomic mass is 32.2. The number of hydrogen-bond donors (Lipinski definition) is 2. The lowest BCUT2D eigenvalue weighted by Crippen LogP contribution is -2.35. The van der Waals surface area contributed by atoms with E-state index in [1.54, 1.807) is 12.1 Å². The van der Waals surface area contributed by atoms with Crippen molar-refractivity contribution < 1.29 is 27.6 Å². The van der Waals surface area contributed by atoms with E-state index in [1.807, 2.05) is 6.92 Å². The Bertz CT molecular complexity index is 580. The van der Waals surface area contributed by atoms with Gasteiger partial charge in [-0.3, -0.25) is 4.55 Å². The third-order valence-corrected chi connectivity index (χ3v) is 5.13. The van der Waals surface area contributed by atoms with Gasteiger partial charge in [-0.1, -0.05) is 17.7 Å². The molecule has 1 spiro atoms. The Morgan fingerprint density at radius 3 is 2.09 bits per heavy atom. The number of rotatable bonds is 2. The fraction of sp³-hybridized carbons (Fsp3) is 0.625. The molecule has 23 heavy (non-hydrogen) atoms. The molecule has 1 saturated heterocycles. The summed E-state index contributed by atoms with van der Waals surface area (Å²) in [4.78, 5) is -0.0666. The van der Waals surface area contributed by atoms with Crippen molar-refractivity contribution >= 4 is 10.1 Å². The minimum atomic E-state index is -4.02. The largest absolute Gasteiger partial charge is 0.396 e. The molecule has 0 atom stereocenters. The van der Waals surface area contributed by atoms with Gasteiger partial charge in [0.1, 0.15) is 0 Å². The fourth-order valence-electron chi connectivity index (χ4n) is 2.80. The smallest absolute Gasteiger partial charge is 0.294 e. The molecule has 0 unspecified atom stereocenters. The van der Waals surface area contributed by atoms with E-state index in [1.165, 1.54) is 12.1 Å². The van der Waals surface area contributed by atoms with Crippen molar-refractivity contribution in [2.24, 2.45) is 5.92 Å². The van der Waals surface area contributed by atoms with Gasteiger partial charge in [-0.25, -0.2) is 0 Å². The lowest BCUT2D eigenvalue weighted by Gasteiger charge is -2.34. The van der Waals surface area contributed by atoms with E-state index in [9.17, 15) is 8.42 Å². The van der Waals surface area contributed by atoms with Crippen LogP contribution in [0.4, 0.5) is 0 Å². The summed E-state index contributed by atoms with van der Waals surface area (Å²) in [6.45, 7) is 3.64. The van der Waals surface area contributed by atoms with Crippen LogP contribution in [-0.2, 0) is 19.6 Å². The van der Waals surface area contributed by atoms with E-state index in [-0.39, 0.29) is 10.7 Å². The van der Waals surface area contributed by atoms with Gasteiger partial charge in [-0.2, -0.15) is 8.42 Å². The molecule has 0 radical (unpaired) electrons. The molecule has 0 bridgehead atoms. The van der Waals surface area contributed by atoms with E-state index in [0.29, 0.717) is 12.5 Å². The number of aliphatic hydroxyl groups excluding tert-OH is 1. The Kier molecular flexibility index (Phi) is 6.16. The van der Waals surface area contributed by atoms with Gasteiger partial charge in [0.2, 0.25) is 0 Å². The van der Waals surface area contributed by atoms with E-state index in [0.717, 1.165) is 44.5 Å². The number of ether oxygens (including phenoxy) is 2. The van der Waals surface area contributed by atoms with Gasteiger partial charge in [0.05, 0.1) is 18.1 Å². The minimum Gasteiger partial charge on any atom is -0.396 e. The van der Waals surface area contributed by atoms with Gasteiger partial charge in [0.25, 0.3) is 10.1 Å². The average Bonchev–Trinajstić information content (AvgIpc) is 2.97. The molecule has 1 aliphatic carbocycles. The first kappa shape index (κ1) is 18.4. The molecule has 2 fully saturated rings. The Morgan fingerprint density at radius 2 is 1.65 bits per heavy atom. The maximum Gasteiger partial charge on any atom is 0.294 e. The normalized spacial score (nSPS) is 21.0. The molecule has 1 aliphatic heterocycles. The van der Waals surface area contributed by atoms with Crippen LogP contribution in [0.15, 0.2) is 29.2 Å². The predicted molar refractivity (Wildman–Crippen MR) is 84.7 cm³/mol. The summed E-state index contributed by atoms with van der Waals surface area (Å²) >= 11 is 0. The van der Waals surface area contributed by atoms with E-state index < -0.39 is 10.1 Å². The quantitative estimate of drug-likeness (QED) is 0.799. The van der Waals surface area contributed by atoms with Gasteiger partial charge in [0.15, 0.2) is 5.79 Å². The summed E-state index contributed by atoms with van der Waals surface area (Å²) in [5.74, 6) is 0.217. The Hall–Kier alpha value is -0.990. The molecule has 7 heteroatoms. The molecule has 1 aromatic carbocycles. The van der Waals surface area contributed by atoms with Crippen molar-refractivity contribution in [1.29, 1.82) is 0 Å². The van der Waals surface area contributed by atoms with Crippen LogP contribution < -0.4 is 0 Å². The van der Waals surface area contributed by atoms with Crippen LogP contribution in [0.5, 0.6) is 0 Å². The van der Waals surface area contributed by atoms with E-state index in [2.05, 4.69) is 0 Å². The van der Waals surface area contributed by atoms with Gasteiger partial charge in [-0.15, -0.1) is 0 Å². The molecule has 1 saturated carbocycles. The molecular weight excluding hydrogens is 320 g/mol. The van der Waals surface area contributed by atoms with Crippen molar-refractivity contribution in [2.45, 2.75) is 43.3 Å². The minimum absolute atomic E-state index is 0.0666. The maximum absolute atomic E-state index is 10.5. The average molecular weight is 344 g/mol. The molecule has 1 heterocycles. The van der Waals surface area contributed by atoms with Crippen molar-refractivity contribution in [3.8, 4) is 0 Å². The van der Waals surface area contributed by atoms with Crippen LogP contribution in [-0.4, -0.2) is 43.7 Å². The predicted octanol–water partition coefficient (Wildman–Crippen LogP) is 2.15. The summed E-state index contributed by atoms with van der Waals surface area (Å²) in [7, 11) is -4.02. The van der Waals surface area contributed by atoms with Crippen LogP contribution in [0, 0.1) is 12.8 Å². The molecule has 2 N–H and O–H groups in total. The van der Waals surface area contributed by atoms with E-state index in [4.69, 9.17) is 19.1 Å². The molecule has 0 amide bonds. The molecule has 0 aromatic heterocycles. The molecular formula is C16H24O6S. The lowest BCUT2D eigenvalue weighted by molar-refractivity contribution is -0.183. The molecule has 130 valence electrons. The van der Waals surface area contributed by atoms with Gasteiger partial charge >= 0.3 is 0 Å². The third-order valence-electron chi connectivity index (χ3n) is 4.26. The second kappa shape index (κ2) is 7.72. The van der Waals surface area contributed by atoms with Crippen molar-refractivity contribution in [2.75, 3.05) is 19.8 Å². The van der Waals surface area contributed by atoms with Crippen LogP contribution in [0.3, 0.4) is 0 Å². The standard InChI is InChI=1S/C9H16O3.C7H8O3S/c10-7-8-1-3-9(4-2-8)11-5-6-12-9;1-6-2-4-7(5-3-6)11(8,9)10/h8,10H,1-7H2;2-5H,1H3,(H,8,9,10). The van der Waals surface area contributed by atoms with Crippen LogP contribution >= 0.6 is 0 Å². The summed E-state index contributed by atoms with van der Waals surface area (Å²) in [6.07, 6.45) is 3.99. The van der Waals surface area contributed by atoms with Crippen molar-refractivity contribution in [3.63, 3.8) is 0 Å². The Labute approximate surface area is 137 Å². The molecule has 1 aromatic rings. The van der Waals surface area contributed by atoms with Crippen molar-refractivity contribution in [1.82, 2.24) is 0 Å². The van der Waals surface area contributed by atoms with Gasteiger partial charge in [-0.05, 0) is 37.8 Å². The zero-order valence-corrected chi connectivity index (χ0v) is 14.1. The SMILES string of the molecule is Cc1ccc(S(=O)(=O)O)cc1.OCC1CCC2(CC1)OCCO2. The zero-order valence-electron chi connectivity index (χ0n) is 13.3. The van der Waals surface area contributed by atoms with E-state index >= 15 is 0 Å². The molecule has 2 aliphatic rings. The maximum atomic E-state index is 10.5. The van der Waals surface area contributed by atoms with Gasteiger partial charge < -0.3 is 14.6 Å². The highest BCUT2D eigenvalue weighted by molar-refractivity contribution is 7.85. The highest BCUT2D eigenvalue weighted by Gasteiger charge is 2.39. The Morgan fingerprint density at radius 1 is 1.13 bits per heavy atom. The monoisotopic (exact) mass is 344 g/mol. The number of aryl methyl sites for hydroxylation is 1. The molecule has 3 rings (SSSR count). The van der Waals surface area contributed by atoms with Crippen LogP contribution in [0.2, 0.25) is 0 Å². The first-order valence-electron chi connectivity index (χ1n) is 7.78. The zero-order chi connectivity index (χ0) is 16.9. The number of hydrogen-bond acceptors (Lipinski definition) is 5. The van der Waals surface area contributed by atoms with Gasteiger partial charge in [0, 0.05) is 19.4 Å². The second-order valence-corrected chi connectivity index (χ2v) is 7.44.